The second-order valence-electron chi connectivity index (χ2n) is 7.21. The quantitative estimate of drug-likeness (QED) is 0.407. The van der Waals surface area contributed by atoms with E-state index in [1.54, 1.807) is 42.6 Å². The van der Waals surface area contributed by atoms with Crippen LogP contribution in [0.5, 0.6) is 0 Å². The van der Waals surface area contributed by atoms with E-state index in [1.807, 2.05) is 6.07 Å². The fraction of sp³-hybridized carbons (Fsp3) is 0.167. The van der Waals surface area contributed by atoms with E-state index in [-0.39, 0.29) is 11.8 Å². The third-order valence-electron chi connectivity index (χ3n) is 5.09. The minimum atomic E-state index is -0.149. The Morgan fingerprint density at radius 3 is 2.57 bits per heavy atom. The maximum absolute atomic E-state index is 12.6. The number of rotatable bonds is 6. The fourth-order valence-electron chi connectivity index (χ4n) is 3.56. The zero-order valence-corrected chi connectivity index (χ0v) is 17.7. The SMILES string of the molecule is CNC(=O)c1ccc(NC(=O)CCc2c(-c3cccs3)[nH]c3ccc(C)cc23)cc1. The molecule has 4 rings (SSSR count). The van der Waals surface area contributed by atoms with Crippen LogP contribution >= 0.6 is 11.3 Å². The summed E-state index contributed by atoms with van der Waals surface area (Å²) in [5.41, 5.74) is 5.78. The van der Waals surface area contributed by atoms with E-state index in [0.29, 0.717) is 24.1 Å². The first kappa shape index (κ1) is 19.9. The van der Waals surface area contributed by atoms with E-state index in [0.717, 1.165) is 11.2 Å². The van der Waals surface area contributed by atoms with Gasteiger partial charge in [-0.1, -0.05) is 17.7 Å². The third kappa shape index (κ3) is 4.14. The summed E-state index contributed by atoms with van der Waals surface area (Å²) >= 11 is 1.69. The lowest BCUT2D eigenvalue weighted by Crippen LogP contribution is -2.18. The summed E-state index contributed by atoms with van der Waals surface area (Å²) in [5.74, 6) is -0.203. The Bertz CT molecular complexity index is 1190. The molecule has 2 aromatic heterocycles. The number of thiophene rings is 1. The Kier molecular flexibility index (Phi) is 5.68. The fourth-order valence-corrected chi connectivity index (χ4v) is 4.32. The molecular formula is C24H23N3O2S. The van der Waals surface area contributed by atoms with Crippen LogP contribution in [-0.4, -0.2) is 23.8 Å². The number of aromatic nitrogens is 1. The minimum Gasteiger partial charge on any atom is -0.355 e. The number of benzene rings is 2. The number of H-pyrrole nitrogens is 1. The van der Waals surface area contributed by atoms with Crippen molar-refractivity contribution in [3.05, 3.63) is 76.7 Å². The molecule has 0 spiro atoms. The summed E-state index contributed by atoms with van der Waals surface area (Å²) in [6.45, 7) is 2.08. The maximum atomic E-state index is 12.6. The van der Waals surface area contributed by atoms with Crippen molar-refractivity contribution in [3.63, 3.8) is 0 Å². The lowest BCUT2D eigenvalue weighted by Gasteiger charge is -2.07. The van der Waals surface area contributed by atoms with Crippen molar-refractivity contribution in [2.24, 2.45) is 0 Å². The monoisotopic (exact) mass is 417 g/mol. The van der Waals surface area contributed by atoms with Crippen molar-refractivity contribution in [1.82, 2.24) is 10.3 Å². The average Bonchev–Trinajstić information content (AvgIpc) is 3.40. The molecule has 0 saturated heterocycles. The first-order chi connectivity index (χ1) is 14.5. The number of fused-ring (bicyclic) bond motifs is 1. The molecule has 0 fully saturated rings. The van der Waals surface area contributed by atoms with Gasteiger partial charge in [-0.3, -0.25) is 9.59 Å². The summed E-state index contributed by atoms with van der Waals surface area (Å²) in [4.78, 5) is 28.9. The van der Waals surface area contributed by atoms with Crippen LogP contribution in [0.1, 0.15) is 27.9 Å². The molecule has 0 radical (unpaired) electrons. The zero-order chi connectivity index (χ0) is 21.1. The van der Waals surface area contributed by atoms with E-state index in [1.165, 1.54) is 21.4 Å². The highest BCUT2D eigenvalue weighted by atomic mass is 32.1. The molecule has 0 unspecified atom stereocenters. The topological polar surface area (TPSA) is 74.0 Å². The van der Waals surface area contributed by atoms with Crippen LogP contribution in [0.3, 0.4) is 0 Å². The van der Waals surface area contributed by atoms with Crippen molar-refractivity contribution in [1.29, 1.82) is 0 Å². The highest BCUT2D eigenvalue weighted by Gasteiger charge is 2.15. The average molecular weight is 418 g/mol. The molecule has 2 amide bonds. The van der Waals surface area contributed by atoms with Gasteiger partial charge < -0.3 is 15.6 Å². The summed E-state index contributed by atoms with van der Waals surface area (Å²) in [7, 11) is 1.59. The molecule has 30 heavy (non-hydrogen) atoms. The van der Waals surface area contributed by atoms with Crippen LogP contribution in [0.25, 0.3) is 21.5 Å². The van der Waals surface area contributed by atoms with E-state index in [4.69, 9.17) is 0 Å². The van der Waals surface area contributed by atoms with E-state index < -0.39 is 0 Å². The number of nitrogens with one attached hydrogen (secondary N) is 3. The number of anilines is 1. The molecule has 0 aliphatic carbocycles. The molecule has 152 valence electrons. The molecule has 0 atom stereocenters. The van der Waals surface area contributed by atoms with Crippen LogP contribution in [0.2, 0.25) is 0 Å². The molecular weight excluding hydrogens is 394 g/mol. The molecule has 0 aliphatic rings. The molecule has 4 aromatic rings. The van der Waals surface area contributed by atoms with Crippen molar-refractivity contribution >= 4 is 39.7 Å². The molecule has 3 N–H and O–H groups in total. The molecule has 2 heterocycles. The highest BCUT2D eigenvalue weighted by molar-refractivity contribution is 7.13. The largest absolute Gasteiger partial charge is 0.355 e. The Labute approximate surface area is 179 Å². The number of aryl methyl sites for hydroxylation is 2. The van der Waals surface area contributed by atoms with Gasteiger partial charge in [-0.05, 0) is 66.8 Å². The lowest BCUT2D eigenvalue weighted by molar-refractivity contribution is -0.116. The highest BCUT2D eigenvalue weighted by Crippen LogP contribution is 2.34. The van der Waals surface area contributed by atoms with Crippen molar-refractivity contribution in [2.45, 2.75) is 19.8 Å². The van der Waals surface area contributed by atoms with Gasteiger partial charge >= 0.3 is 0 Å². The number of amides is 2. The number of aromatic amines is 1. The predicted molar refractivity (Wildman–Crippen MR) is 123 cm³/mol. The summed E-state index contributed by atoms with van der Waals surface area (Å²) in [5, 5.41) is 8.74. The van der Waals surface area contributed by atoms with E-state index in [2.05, 4.69) is 52.2 Å². The van der Waals surface area contributed by atoms with Gasteiger partial charge in [0.1, 0.15) is 0 Å². The zero-order valence-electron chi connectivity index (χ0n) is 16.9. The van der Waals surface area contributed by atoms with Crippen LogP contribution in [0, 0.1) is 6.92 Å². The van der Waals surface area contributed by atoms with Gasteiger partial charge in [0.2, 0.25) is 5.91 Å². The normalized spacial score (nSPS) is 10.9. The van der Waals surface area contributed by atoms with Gasteiger partial charge in [0.15, 0.2) is 0 Å². The second kappa shape index (κ2) is 8.55. The Morgan fingerprint density at radius 1 is 1.07 bits per heavy atom. The number of hydrogen-bond acceptors (Lipinski definition) is 3. The number of carbonyl (C=O) groups excluding carboxylic acids is 2. The molecule has 0 saturated carbocycles. The van der Waals surface area contributed by atoms with Crippen LogP contribution in [0.15, 0.2) is 60.0 Å². The second-order valence-corrected chi connectivity index (χ2v) is 8.16. The number of hydrogen-bond donors (Lipinski definition) is 3. The van der Waals surface area contributed by atoms with Crippen LogP contribution in [0.4, 0.5) is 5.69 Å². The van der Waals surface area contributed by atoms with E-state index in [9.17, 15) is 9.59 Å². The standard InChI is InChI=1S/C24H23N3O2S/c1-15-5-11-20-19(14-15)18(23(27-20)21-4-3-13-30-21)10-12-22(28)26-17-8-6-16(7-9-17)24(29)25-2/h3-9,11,13-14,27H,10,12H2,1-2H3,(H,25,29)(H,26,28). The van der Waals surface area contributed by atoms with Crippen LogP contribution in [-0.2, 0) is 11.2 Å². The van der Waals surface area contributed by atoms with Gasteiger partial charge in [-0.2, -0.15) is 0 Å². The van der Waals surface area contributed by atoms with Crippen molar-refractivity contribution in [3.8, 4) is 10.6 Å². The van der Waals surface area contributed by atoms with E-state index >= 15 is 0 Å². The molecule has 6 heteroatoms. The van der Waals surface area contributed by atoms with Gasteiger partial charge in [0.25, 0.3) is 5.91 Å². The Hall–Kier alpha value is -3.38. The molecule has 2 aromatic carbocycles. The first-order valence-electron chi connectivity index (χ1n) is 9.82. The Balaban J connectivity index is 1.51. The Morgan fingerprint density at radius 2 is 1.87 bits per heavy atom. The van der Waals surface area contributed by atoms with Crippen molar-refractivity contribution < 1.29 is 9.59 Å². The molecule has 0 bridgehead atoms. The summed E-state index contributed by atoms with van der Waals surface area (Å²) in [6.07, 6.45) is 1.01. The minimum absolute atomic E-state index is 0.0539. The lowest BCUT2D eigenvalue weighted by atomic mass is 10.0. The van der Waals surface area contributed by atoms with Crippen LogP contribution < -0.4 is 10.6 Å². The van der Waals surface area contributed by atoms with Gasteiger partial charge in [-0.15, -0.1) is 11.3 Å². The van der Waals surface area contributed by atoms with Gasteiger partial charge in [0.05, 0.1) is 10.6 Å². The summed E-state index contributed by atoms with van der Waals surface area (Å²) in [6, 6.07) is 17.4. The number of carbonyl (C=O) groups is 2. The summed E-state index contributed by atoms with van der Waals surface area (Å²) < 4.78 is 0. The van der Waals surface area contributed by atoms with Crippen molar-refractivity contribution in [2.75, 3.05) is 12.4 Å². The molecule has 5 nitrogen and oxygen atoms in total. The third-order valence-corrected chi connectivity index (χ3v) is 5.98. The van der Waals surface area contributed by atoms with Gasteiger partial charge in [0, 0.05) is 35.6 Å². The molecule has 0 aliphatic heterocycles. The predicted octanol–water partition coefficient (Wildman–Crippen LogP) is 5.14. The smallest absolute Gasteiger partial charge is 0.251 e. The first-order valence-corrected chi connectivity index (χ1v) is 10.7. The maximum Gasteiger partial charge on any atom is 0.251 e. The van der Waals surface area contributed by atoms with Gasteiger partial charge in [-0.25, -0.2) is 0 Å².